The highest BCUT2D eigenvalue weighted by Gasteiger charge is 2.18. The van der Waals surface area contributed by atoms with E-state index in [2.05, 4.69) is 19.9 Å². The van der Waals surface area contributed by atoms with Gasteiger partial charge in [-0.1, -0.05) is 30.3 Å². The molecule has 0 amide bonds. The fraction of sp³-hybridized carbons (Fsp3) is 0.105. The van der Waals surface area contributed by atoms with Gasteiger partial charge in [0.05, 0.1) is 26.1 Å². The summed E-state index contributed by atoms with van der Waals surface area (Å²) in [7, 11) is 3.00. The van der Waals surface area contributed by atoms with E-state index in [4.69, 9.17) is 25.3 Å². The molecule has 6 N–H and O–H groups in total. The fourth-order valence-electron chi connectivity index (χ4n) is 2.58. The summed E-state index contributed by atoms with van der Waals surface area (Å²) in [6.07, 6.45) is 4.81. The number of benzene rings is 2. The molecule has 1 radical (unpaired) electrons. The van der Waals surface area contributed by atoms with Crippen molar-refractivity contribution in [2.24, 2.45) is 0 Å². The van der Waals surface area contributed by atoms with Gasteiger partial charge in [-0.2, -0.15) is 0 Å². The van der Waals surface area contributed by atoms with E-state index in [1.807, 2.05) is 30.3 Å². The second kappa shape index (κ2) is 11.2. The molecule has 155 valence electrons. The number of rotatable bonds is 3. The van der Waals surface area contributed by atoms with Gasteiger partial charge >= 0.3 is 7.69 Å². The first-order valence-corrected chi connectivity index (χ1v) is 8.56. The molecule has 0 saturated carbocycles. The van der Waals surface area contributed by atoms with Gasteiger partial charge < -0.3 is 35.3 Å². The van der Waals surface area contributed by atoms with E-state index in [1.54, 1.807) is 18.7 Å². The van der Waals surface area contributed by atoms with Crippen molar-refractivity contribution in [3.05, 3.63) is 55.1 Å². The molecule has 0 atom stereocenters. The number of imidazole rings is 1. The number of H-pyrrole nitrogens is 1. The largest absolute Gasteiger partial charge is 0.507 e. The van der Waals surface area contributed by atoms with Gasteiger partial charge in [-0.25, -0.2) is 15.0 Å². The lowest BCUT2D eigenvalue weighted by atomic mass is 10.0. The van der Waals surface area contributed by atoms with Crippen LogP contribution in [-0.4, -0.2) is 57.0 Å². The molecule has 0 bridgehead atoms. The van der Waals surface area contributed by atoms with Crippen molar-refractivity contribution in [1.82, 2.24) is 19.9 Å². The topological polar surface area (TPSA) is 160 Å². The number of ether oxygens (including phenoxy) is 2. The van der Waals surface area contributed by atoms with Gasteiger partial charge in [0, 0.05) is 18.5 Å². The molecule has 2 aromatic carbocycles. The maximum absolute atomic E-state index is 10.1. The number of hydrogen-bond donors (Lipinski definition) is 5. The molecule has 4 rings (SSSR count). The number of nitrogens with one attached hydrogen (secondary N) is 1. The third kappa shape index (κ3) is 5.37. The van der Waals surface area contributed by atoms with E-state index in [0.29, 0.717) is 28.4 Å². The SMILES string of the molecule is COc1cc(O)c(-c2ccccc2)c(OC)c1N.O[B]O.c1cnc2[nH]cnc2n1. The second-order valence-corrected chi connectivity index (χ2v) is 5.53. The third-order valence-electron chi connectivity index (χ3n) is 3.81. The number of nitrogen functional groups attached to an aromatic ring is 1. The van der Waals surface area contributed by atoms with E-state index in [9.17, 15) is 5.11 Å². The standard InChI is InChI=1S/C14H15NO3.C5H4N4.BH2O2/c1-17-11-8-10(16)12(14(18-2)13(11)15)9-6-4-3-5-7-9;1-2-7-5-4(6-1)8-3-9-5;2-1-3/h3-8,16H,15H2,1-2H3;1-3H,(H,6,7,8,9);2-3H. The quantitative estimate of drug-likeness (QED) is 0.192. The third-order valence-corrected chi connectivity index (χ3v) is 3.81. The van der Waals surface area contributed by atoms with Gasteiger partial charge in [0.1, 0.15) is 17.2 Å². The van der Waals surface area contributed by atoms with Gasteiger partial charge in [-0.15, -0.1) is 0 Å². The number of phenols is 1. The van der Waals surface area contributed by atoms with E-state index < -0.39 is 0 Å². The lowest BCUT2D eigenvalue weighted by Crippen LogP contribution is -1.99. The Morgan fingerprint density at radius 2 is 1.67 bits per heavy atom. The van der Waals surface area contributed by atoms with Crippen LogP contribution in [0, 0.1) is 0 Å². The van der Waals surface area contributed by atoms with Gasteiger partial charge in [0.15, 0.2) is 17.0 Å². The van der Waals surface area contributed by atoms with Crippen LogP contribution in [-0.2, 0) is 0 Å². The van der Waals surface area contributed by atoms with Crippen LogP contribution in [0.1, 0.15) is 0 Å². The zero-order valence-electron chi connectivity index (χ0n) is 16.4. The minimum atomic E-state index is 0. The first-order chi connectivity index (χ1) is 14.6. The summed E-state index contributed by atoms with van der Waals surface area (Å²) in [4.78, 5) is 14.6. The predicted octanol–water partition coefficient (Wildman–Crippen LogP) is 1.52. The van der Waals surface area contributed by atoms with Crippen LogP contribution in [0.5, 0.6) is 17.2 Å². The Morgan fingerprint density at radius 3 is 2.27 bits per heavy atom. The summed E-state index contributed by atoms with van der Waals surface area (Å²) >= 11 is 0. The summed E-state index contributed by atoms with van der Waals surface area (Å²) < 4.78 is 10.4. The molecular weight excluding hydrogens is 389 g/mol. The lowest BCUT2D eigenvalue weighted by Gasteiger charge is -2.15. The van der Waals surface area contributed by atoms with Crippen molar-refractivity contribution in [2.75, 3.05) is 20.0 Å². The van der Waals surface area contributed by atoms with Gasteiger partial charge in [0.25, 0.3) is 0 Å². The molecule has 0 saturated heterocycles. The van der Waals surface area contributed by atoms with E-state index in [-0.39, 0.29) is 13.4 Å². The monoisotopic (exact) mass is 410 g/mol. The molecule has 0 spiro atoms. The Morgan fingerprint density at radius 1 is 1.00 bits per heavy atom. The Bertz CT molecular complexity index is 1030. The number of aromatic amines is 1. The number of nitrogens with two attached hydrogens (primary N) is 1. The highest BCUT2D eigenvalue weighted by atomic mass is 16.5. The van der Waals surface area contributed by atoms with Crippen molar-refractivity contribution in [2.45, 2.75) is 0 Å². The summed E-state index contributed by atoms with van der Waals surface area (Å²) in [6.45, 7) is 0. The maximum Gasteiger partial charge on any atom is 0.482 e. The van der Waals surface area contributed by atoms with Crippen molar-refractivity contribution < 1.29 is 24.6 Å². The van der Waals surface area contributed by atoms with Crippen LogP contribution >= 0.6 is 0 Å². The summed E-state index contributed by atoms with van der Waals surface area (Å²) in [5.41, 5.74) is 9.12. The van der Waals surface area contributed by atoms with Crippen molar-refractivity contribution in [3.63, 3.8) is 0 Å². The molecule has 0 aliphatic rings. The first-order valence-electron chi connectivity index (χ1n) is 8.56. The normalized spacial score (nSPS) is 9.60. The number of anilines is 1. The molecular formula is C19H21BN5O5. The summed E-state index contributed by atoms with van der Waals surface area (Å²) in [5, 5.41) is 24.1. The van der Waals surface area contributed by atoms with Crippen molar-refractivity contribution >= 4 is 24.7 Å². The molecule has 0 unspecified atom stereocenters. The number of nitrogens with zero attached hydrogens (tertiary/aromatic N) is 3. The number of methoxy groups -OCH3 is 2. The minimum Gasteiger partial charge on any atom is -0.507 e. The highest BCUT2D eigenvalue weighted by molar-refractivity contribution is 6.13. The average molecular weight is 410 g/mol. The Hall–Kier alpha value is -3.83. The number of aromatic hydroxyl groups is 1. The van der Waals surface area contributed by atoms with Crippen LogP contribution < -0.4 is 15.2 Å². The minimum absolute atomic E-state index is 0. The van der Waals surface area contributed by atoms with Crippen LogP contribution in [0.15, 0.2) is 55.1 Å². The summed E-state index contributed by atoms with van der Waals surface area (Å²) in [6, 6.07) is 10.9. The van der Waals surface area contributed by atoms with E-state index in [1.165, 1.54) is 20.3 Å². The first kappa shape index (κ1) is 22.5. The predicted molar refractivity (Wildman–Crippen MR) is 113 cm³/mol. The van der Waals surface area contributed by atoms with Gasteiger partial charge in [-0.3, -0.25) is 0 Å². The molecule has 0 aliphatic carbocycles. The zero-order valence-corrected chi connectivity index (χ0v) is 16.4. The summed E-state index contributed by atoms with van der Waals surface area (Å²) in [5.74, 6) is 0.881. The smallest absolute Gasteiger partial charge is 0.482 e. The van der Waals surface area contributed by atoms with Crippen LogP contribution in [0.3, 0.4) is 0 Å². The van der Waals surface area contributed by atoms with E-state index in [0.717, 1.165) is 11.2 Å². The Balaban J connectivity index is 0.000000220. The Labute approximate surface area is 173 Å². The molecule has 2 heterocycles. The fourth-order valence-corrected chi connectivity index (χ4v) is 2.58. The van der Waals surface area contributed by atoms with Crippen molar-refractivity contribution in [1.29, 1.82) is 0 Å². The van der Waals surface area contributed by atoms with Crippen LogP contribution in [0.25, 0.3) is 22.4 Å². The molecule has 10 nitrogen and oxygen atoms in total. The molecule has 0 aliphatic heterocycles. The molecule has 4 aromatic rings. The molecule has 2 aromatic heterocycles. The molecule has 0 fully saturated rings. The number of aromatic nitrogens is 4. The van der Waals surface area contributed by atoms with E-state index >= 15 is 0 Å². The molecule has 11 heteroatoms. The number of hydrogen-bond acceptors (Lipinski definition) is 9. The van der Waals surface area contributed by atoms with Gasteiger partial charge in [-0.05, 0) is 5.56 Å². The van der Waals surface area contributed by atoms with Crippen molar-refractivity contribution in [3.8, 4) is 28.4 Å². The van der Waals surface area contributed by atoms with Crippen LogP contribution in [0.4, 0.5) is 5.69 Å². The maximum atomic E-state index is 10.1. The molecule has 30 heavy (non-hydrogen) atoms. The highest BCUT2D eigenvalue weighted by Crippen LogP contribution is 2.46. The zero-order chi connectivity index (χ0) is 21.9. The average Bonchev–Trinajstić information content (AvgIpc) is 3.25. The number of phenolic OH excluding ortho intramolecular Hbond substituents is 1. The number of fused-ring (bicyclic) bond motifs is 1. The lowest BCUT2D eigenvalue weighted by molar-refractivity contribution is 0.390. The second-order valence-electron chi connectivity index (χ2n) is 5.53. The van der Waals surface area contributed by atoms with Gasteiger partial charge in [0.2, 0.25) is 0 Å². The van der Waals surface area contributed by atoms with Crippen LogP contribution in [0.2, 0.25) is 0 Å². The Kier molecular flexibility index (Phi) is 8.42.